The van der Waals surface area contributed by atoms with Crippen LogP contribution in [0.3, 0.4) is 0 Å². The lowest BCUT2D eigenvalue weighted by Gasteiger charge is -2.10. The zero-order chi connectivity index (χ0) is 22.6. The summed E-state index contributed by atoms with van der Waals surface area (Å²) in [5, 5.41) is 2.70. The normalized spacial score (nSPS) is 10.3. The molecular weight excluding hydrogens is 398 g/mol. The van der Waals surface area contributed by atoms with Gasteiger partial charge in [0, 0.05) is 18.5 Å². The molecule has 0 atom stereocenters. The molecule has 0 aromatic heterocycles. The molecule has 0 aliphatic heterocycles. The second-order valence-electron chi connectivity index (χ2n) is 7.11. The van der Waals surface area contributed by atoms with Gasteiger partial charge < -0.3 is 14.8 Å². The standard InChI is InChI=1S/C23H29N3O5/c1-4-30-19-11-7-18(8-12-19)24-21(27)13-14-22(28)25-26-23(29)15-31-20-9-5-17(6-10-20)16(2)3/h5-12,16H,4,13-15H2,1-3H3,(H,24,27)(H,25,28)(H,26,29). The molecule has 0 saturated carbocycles. The minimum Gasteiger partial charge on any atom is -0.494 e. The van der Waals surface area contributed by atoms with Crippen molar-refractivity contribution in [3.8, 4) is 11.5 Å². The molecule has 2 aromatic rings. The predicted molar refractivity (Wildman–Crippen MR) is 118 cm³/mol. The van der Waals surface area contributed by atoms with Crippen molar-refractivity contribution in [3.63, 3.8) is 0 Å². The quantitative estimate of drug-likeness (QED) is 0.505. The van der Waals surface area contributed by atoms with Gasteiger partial charge in [0.05, 0.1) is 6.61 Å². The predicted octanol–water partition coefficient (Wildman–Crippen LogP) is 3.15. The fraction of sp³-hybridized carbons (Fsp3) is 0.348. The molecule has 166 valence electrons. The molecule has 0 bridgehead atoms. The van der Waals surface area contributed by atoms with E-state index in [-0.39, 0.29) is 25.4 Å². The number of carbonyl (C=O) groups is 3. The lowest BCUT2D eigenvalue weighted by Crippen LogP contribution is -2.44. The highest BCUT2D eigenvalue weighted by Gasteiger charge is 2.09. The minimum absolute atomic E-state index is 0.0202. The van der Waals surface area contributed by atoms with Gasteiger partial charge in [-0.2, -0.15) is 0 Å². The average Bonchev–Trinajstić information content (AvgIpc) is 2.76. The summed E-state index contributed by atoms with van der Waals surface area (Å²) in [6, 6.07) is 14.4. The highest BCUT2D eigenvalue weighted by molar-refractivity contribution is 5.93. The van der Waals surface area contributed by atoms with E-state index in [1.54, 1.807) is 36.4 Å². The Kier molecular flexibility index (Phi) is 9.35. The highest BCUT2D eigenvalue weighted by Crippen LogP contribution is 2.18. The Labute approximate surface area is 182 Å². The first-order valence-electron chi connectivity index (χ1n) is 10.2. The van der Waals surface area contributed by atoms with Gasteiger partial charge in [-0.25, -0.2) is 0 Å². The Morgan fingerprint density at radius 2 is 1.32 bits per heavy atom. The Hall–Kier alpha value is -3.55. The van der Waals surface area contributed by atoms with Crippen molar-refractivity contribution in [2.24, 2.45) is 0 Å². The number of benzene rings is 2. The third-order valence-electron chi connectivity index (χ3n) is 4.29. The Morgan fingerprint density at radius 3 is 1.94 bits per heavy atom. The van der Waals surface area contributed by atoms with E-state index in [2.05, 4.69) is 30.0 Å². The first-order chi connectivity index (χ1) is 14.9. The molecule has 0 radical (unpaired) electrons. The van der Waals surface area contributed by atoms with Crippen molar-refractivity contribution in [1.29, 1.82) is 0 Å². The molecule has 8 nitrogen and oxygen atoms in total. The van der Waals surface area contributed by atoms with Crippen LogP contribution in [0.25, 0.3) is 0 Å². The number of amides is 3. The monoisotopic (exact) mass is 427 g/mol. The number of carbonyl (C=O) groups excluding carboxylic acids is 3. The zero-order valence-electron chi connectivity index (χ0n) is 18.1. The number of nitrogens with one attached hydrogen (secondary N) is 3. The summed E-state index contributed by atoms with van der Waals surface area (Å²) in [4.78, 5) is 35.6. The smallest absolute Gasteiger partial charge is 0.276 e. The molecule has 31 heavy (non-hydrogen) atoms. The van der Waals surface area contributed by atoms with Crippen LogP contribution in [0.15, 0.2) is 48.5 Å². The summed E-state index contributed by atoms with van der Waals surface area (Å²) in [7, 11) is 0. The van der Waals surface area contributed by atoms with Crippen LogP contribution in [0.5, 0.6) is 11.5 Å². The van der Waals surface area contributed by atoms with Crippen LogP contribution >= 0.6 is 0 Å². The second kappa shape index (κ2) is 12.2. The first kappa shape index (κ1) is 23.7. The first-order valence-corrected chi connectivity index (χ1v) is 10.2. The van der Waals surface area contributed by atoms with E-state index < -0.39 is 11.8 Å². The van der Waals surface area contributed by atoms with Crippen LogP contribution in [-0.4, -0.2) is 30.9 Å². The fourth-order valence-electron chi connectivity index (χ4n) is 2.59. The highest BCUT2D eigenvalue weighted by atomic mass is 16.5. The van der Waals surface area contributed by atoms with Crippen LogP contribution in [0.4, 0.5) is 5.69 Å². The Balaban J connectivity index is 1.63. The van der Waals surface area contributed by atoms with E-state index >= 15 is 0 Å². The molecule has 2 aromatic carbocycles. The summed E-state index contributed by atoms with van der Waals surface area (Å²) in [6.07, 6.45) is -0.0890. The number of hydrogen-bond donors (Lipinski definition) is 3. The number of rotatable bonds is 10. The van der Waals surface area contributed by atoms with Gasteiger partial charge >= 0.3 is 0 Å². The van der Waals surface area contributed by atoms with Gasteiger partial charge in [0.1, 0.15) is 11.5 Å². The summed E-state index contributed by atoms with van der Waals surface area (Å²) in [5.74, 6) is 0.412. The maximum absolute atomic E-state index is 12.0. The fourth-order valence-corrected chi connectivity index (χ4v) is 2.59. The maximum atomic E-state index is 12.0. The molecule has 3 amide bonds. The minimum atomic E-state index is -0.500. The second-order valence-corrected chi connectivity index (χ2v) is 7.11. The summed E-state index contributed by atoms with van der Waals surface area (Å²) >= 11 is 0. The molecular formula is C23H29N3O5. The number of ether oxygens (including phenoxy) is 2. The number of anilines is 1. The summed E-state index contributed by atoms with van der Waals surface area (Å²) in [6.45, 7) is 6.40. The van der Waals surface area contributed by atoms with Crippen molar-refractivity contribution < 1.29 is 23.9 Å². The molecule has 0 spiro atoms. The van der Waals surface area contributed by atoms with Gasteiger partial charge in [0.25, 0.3) is 5.91 Å². The van der Waals surface area contributed by atoms with Gasteiger partial charge in [-0.05, 0) is 54.8 Å². The van der Waals surface area contributed by atoms with Crippen LogP contribution < -0.4 is 25.6 Å². The van der Waals surface area contributed by atoms with E-state index in [0.717, 1.165) is 0 Å². The molecule has 0 aliphatic carbocycles. The SMILES string of the molecule is CCOc1ccc(NC(=O)CCC(=O)NNC(=O)COc2ccc(C(C)C)cc2)cc1. The van der Waals surface area contributed by atoms with Crippen LogP contribution in [-0.2, 0) is 14.4 Å². The molecule has 3 N–H and O–H groups in total. The number of hydrazine groups is 1. The van der Waals surface area contributed by atoms with E-state index in [4.69, 9.17) is 9.47 Å². The van der Waals surface area contributed by atoms with Crippen molar-refractivity contribution in [2.75, 3.05) is 18.5 Å². The van der Waals surface area contributed by atoms with Gasteiger partial charge in [-0.1, -0.05) is 26.0 Å². The van der Waals surface area contributed by atoms with E-state index in [0.29, 0.717) is 29.7 Å². The summed E-state index contributed by atoms with van der Waals surface area (Å²) in [5.41, 5.74) is 6.32. The molecule has 2 rings (SSSR count). The zero-order valence-corrected chi connectivity index (χ0v) is 18.1. The van der Waals surface area contributed by atoms with Crippen molar-refractivity contribution in [3.05, 3.63) is 54.1 Å². The largest absolute Gasteiger partial charge is 0.494 e. The van der Waals surface area contributed by atoms with Gasteiger partial charge in [0.15, 0.2) is 6.61 Å². The van der Waals surface area contributed by atoms with Crippen molar-refractivity contribution in [2.45, 2.75) is 39.5 Å². The topological polar surface area (TPSA) is 106 Å². The van der Waals surface area contributed by atoms with Gasteiger partial charge in [-0.15, -0.1) is 0 Å². The molecule has 0 fully saturated rings. The Bertz CT molecular complexity index is 864. The Morgan fingerprint density at radius 1 is 0.774 bits per heavy atom. The molecule has 0 unspecified atom stereocenters. The van der Waals surface area contributed by atoms with Gasteiger partial charge in [-0.3, -0.25) is 25.2 Å². The third-order valence-corrected chi connectivity index (χ3v) is 4.29. The third kappa shape index (κ3) is 8.77. The van der Waals surface area contributed by atoms with Crippen LogP contribution in [0.1, 0.15) is 45.1 Å². The molecule has 0 aliphatic rings. The molecule has 8 heteroatoms. The maximum Gasteiger partial charge on any atom is 0.276 e. The van der Waals surface area contributed by atoms with Crippen molar-refractivity contribution >= 4 is 23.4 Å². The van der Waals surface area contributed by atoms with E-state index in [9.17, 15) is 14.4 Å². The van der Waals surface area contributed by atoms with E-state index in [1.165, 1.54) is 5.56 Å². The van der Waals surface area contributed by atoms with E-state index in [1.807, 2.05) is 19.1 Å². The lowest BCUT2D eigenvalue weighted by molar-refractivity contribution is -0.130. The van der Waals surface area contributed by atoms with Gasteiger partial charge in [0.2, 0.25) is 11.8 Å². The van der Waals surface area contributed by atoms with Crippen LogP contribution in [0, 0.1) is 0 Å². The average molecular weight is 428 g/mol. The lowest BCUT2D eigenvalue weighted by atomic mass is 10.0. The molecule has 0 saturated heterocycles. The van der Waals surface area contributed by atoms with Crippen LogP contribution in [0.2, 0.25) is 0 Å². The number of hydrogen-bond acceptors (Lipinski definition) is 5. The summed E-state index contributed by atoms with van der Waals surface area (Å²) < 4.78 is 10.7. The van der Waals surface area contributed by atoms with Crippen molar-refractivity contribution in [1.82, 2.24) is 10.9 Å². The molecule has 0 heterocycles.